The van der Waals surface area contributed by atoms with Crippen molar-refractivity contribution in [3.05, 3.63) is 23.3 Å². The van der Waals surface area contributed by atoms with Crippen molar-refractivity contribution in [3.63, 3.8) is 0 Å². The second-order valence-corrected chi connectivity index (χ2v) is 8.58. The van der Waals surface area contributed by atoms with Gasteiger partial charge in [-0.05, 0) is 63.2 Å². The molecule has 32 heavy (non-hydrogen) atoms. The highest BCUT2D eigenvalue weighted by atomic mass is 16.5. The SMILES string of the molecule is CCOC(=O)/C(=C\C1CCCCC1)CC#CC#CC/C(=C\C1CCCCC1)C(=O)OCC. The van der Waals surface area contributed by atoms with Crippen LogP contribution in [0.15, 0.2) is 23.3 Å². The molecule has 0 radical (unpaired) electrons. The van der Waals surface area contributed by atoms with E-state index in [1.165, 1.54) is 38.5 Å². The Hall–Kier alpha value is -2.46. The van der Waals surface area contributed by atoms with Gasteiger partial charge >= 0.3 is 11.9 Å². The van der Waals surface area contributed by atoms with Crippen LogP contribution in [-0.4, -0.2) is 25.2 Å². The number of carbonyl (C=O) groups is 2. The standard InChI is InChI=1S/C28H38O4/c1-3-31-27(29)25(21-23-15-9-7-10-16-23)19-13-5-6-14-20-26(28(30)32-4-2)22-24-17-11-8-12-18-24/h21-24H,3-4,7-12,15-20H2,1-2H3/b25-21-,26-22+. The molecule has 174 valence electrons. The molecule has 2 aliphatic carbocycles. The first kappa shape index (κ1) is 25.8. The molecular weight excluding hydrogens is 400 g/mol. The minimum absolute atomic E-state index is 0.277. The highest BCUT2D eigenvalue weighted by Gasteiger charge is 2.17. The van der Waals surface area contributed by atoms with Gasteiger partial charge in [0.2, 0.25) is 0 Å². The smallest absolute Gasteiger partial charge is 0.334 e. The monoisotopic (exact) mass is 438 g/mol. The van der Waals surface area contributed by atoms with E-state index in [0.717, 1.165) is 25.7 Å². The Morgan fingerprint density at radius 3 is 1.41 bits per heavy atom. The third-order valence-corrected chi connectivity index (χ3v) is 6.05. The number of hydrogen-bond acceptors (Lipinski definition) is 4. The van der Waals surface area contributed by atoms with Gasteiger partial charge in [-0.25, -0.2) is 9.59 Å². The van der Waals surface area contributed by atoms with E-state index in [4.69, 9.17) is 9.47 Å². The Morgan fingerprint density at radius 2 is 1.06 bits per heavy atom. The number of esters is 2. The van der Waals surface area contributed by atoms with E-state index in [1.807, 2.05) is 13.8 Å². The zero-order valence-electron chi connectivity index (χ0n) is 19.8. The van der Waals surface area contributed by atoms with Crippen LogP contribution in [0.25, 0.3) is 0 Å². The second kappa shape index (κ2) is 15.4. The van der Waals surface area contributed by atoms with Gasteiger partial charge in [-0.15, -0.1) is 0 Å². The first-order chi connectivity index (χ1) is 15.6. The maximum Gasteiger partial charge on any atom is 0.334 e. The lowest BCUT2D eigenvalue weighted by Crippen LogP contribution is -2.11. The minimum Gasteiger partial charge on any atom is -0.463 e. The fraction of sp³-hybridized carbons (Fsp3) is 0.643. The molecule has 2 saturated carbocycles. The van der Waals surface area contributed by atoms with Gasteiger partial charge in [0, 0.05) is 24.0 Å². The minimum atomic E-state index is -0.277. The van der Waals surface area contributed by atoms with Crippen molar-refractivity contribution in [1.29, 1.82) is 0 Å². The van der Waals surface area contributed by atoms with E-state index in [0.29, 0.717) is 49.0 Å². The fourth-order valence-electron chi connectivity index (χ4n) is 4.38. The fourth-order valence-corrected chi connectivity index (χ4v) is 4.38. The summed E-state index contributed by atoms with van der Waals surface area (Å²) in [5, 5.41) is 0. The van der Waals surface area contributed by atoms with Crippen molar-refractivity contribution in [2.24, 2.45) is 11.8 Å². The number of carbonyl (C=O) groups excluding carboxylic acids is 2. The average molecular weight is 439 g/mol. The molecule has 0 atom stereocenters. The first-order valence-corrected chi connectivity index (χ1v) is 12.3. The Morgan fingerprint density at radius 1 is 0.688 bits per heavy atom. The summed E-state index contributed by atoms with van der Waals surface area (Å²) in [7, 11) is 0. The van der Waals surface area contributed by atoms with Crippen molar-refractivity contribution in [2.75, 3.05) is 13.2 Å². The van der Waals surface area contributed by atoms with E-state index in [1.54, 1.807) is 0 Å². The molecule has 0 aromatic rings. The molecule has 0 saturated heterocycles. The molecule has 4 nitrogen and oxygen atoms in total. The van der Waals surface area contributed by atoms with E-state index >= 15 is 0 Å². The van der Waals surface area contributed by atoms with E-state index in [-0.39, 0.29) is 11.9 Å². The molecule has 2 rings (SSSR count). The molecule has 2 fully saturated rings. The summed E-state index contributed by atoms with van der Waals surface area (Å²) in [6.45, 7) is 4.35. The highest BCUT2D eigenvalue weighted by Crippen LogP contribution is 2.27. The normalized spacial score (nSPS) is 18.1. The highest BCUT2D eigenvalue weighted by molar-refractivity contribution is 5.89. The van der Waals surface area contributed by atoms with Crippen LogP contribution < -0.4 is 0 Å². The zero-order chi connectivity index (χ0) is 23.0. The molecule has 0 bridgehead atoms. The van der Waals surface area contributed by atoms with Crippen LogP contribution in [0.2, 0.25) is 0 Å². The summed E-state index contributed by atoms with van der Waals surface area (Å²) in [4.78, 5) is 24.6. The van der Waals surface area contributed by atoms with Crippen molar-refractivity contribution >= 4 is 11.9 Å². The summed E-state index contributed by atoms with van der Waals surface area (Å²) in [6, 6.07) is 0. The van der Waals surface area contributed by atoms with Crippen LogP contribution in [0.3, 0.4) is 0 Å². The molecule has 0 aliphatic heterocycles. The lowest BCUT2D eigenvalue weighted by molar-refractivity contribution is -0.139. The van der Waals surface area contributed by atoms with E-state index in [2.05, 4.69) is 35.8 Å². The topological polar surface area (TPSA) is 52.6 Å². The summed E-state index contributed by atoms with van der Waals surface area (Å²) in [5.41, 5.74) is 1.27. The number of hydrogen-bond donors (Lipinski definition) is 0. The van der Waals surface area contributed by atoms with E-state index in [9.17, 15) is 9.59 Å². The van der Waals surface area contributed by atoms with Crippen LogP contribution in [-0.2, 0) is 19.1 Å². The van der Waals surface area contributed by atoms with Gasteiger partial charge in [-0.3, -0.25) is 0 Å². The molecule has 0 N–H and O–H groups in total. The molecule has 0 heterocycles. The lowest BCUT2D eigenvalue weighted by atomic mass is 9.87. The summed E-state index contributed by atoms with van der Waals surface area (Å²) in [5.74, 6) is 12.0. The molecule has 4 heteroatoms. The molecule has 0 aromatic carbocycles. The number of rotatable bonds is 8. The Balaban J connectivity index is 1.99. The van der Waals surface area contributed by atoms with Crippen molar-refractivity contribution in [2.45, 2.75) is 90.9 Å². The van der Waals surface area contributed by atoms with Crippen LogP contribution in [0.5, 0.6) is 0 Å². The van der Waals surface area contributed by atoms with Gasteiger partial charge in [0.15, 0.2) is 0 Å². The maximum atomic E-state index is 12.3. The largest absolute Gasteiger partial charge is 0.463 e. The van der Waals surface area contributed by atoms with Gasteiger partial charge in [-0.2, -0.15) is 0 Å². The first-order valence-electron chi connectivity index (χ1n) is 12.3. The number of ether oxygens (including phenoxy) is 2. The Kier molecular flexibility index (Phi) is 12.4. The van der Waals surface area contributed by atoms with Gasteiger partial charge in [-0.1, -0.05) is 62.5 Å². The van der Waals surface area contributed by atoms with E-state index < -0.39 is 0 Å². The Labute approximate surface area is 194 Å². The quantitative estimate of drug-likeness (QED) is 0.268. The van der Waals surface area contributed by atoms with Gasteiger partial charge in [0.05, 0.1) is 13.2 Å². The predicted octanol–water partition coefficient (Wildman–Crippen LogP) is 5.91. The maximum absolute atomic E-state index is 12.3. The number of allylic oxidation sites excluding steroid dienone is 2. The van der Waals surface area contributed by atoms with Crippen molar-refractivity contribution in [1.82, 2.24) is 0 Å². The predicted molar refractivity (Wildman–Crippen MR) is 127 cm³/mol. The molecule has 0 spiro atoms. The lowest BCUT2D eigenvalue weighted by Gasteiger charge is -2.19. The van der Waals surface area contributed by atoms with Crippen molar-refractivity contribution < 1.29 is 19.1 Å². The summed E-state index contributed by atoms with van der Waals surface area (Å²) < 4.78 is 10.4. The molecule has 0 unspecified atom stereocenters. The summed E-state index contributed by atoms with van der Waals surface area (Å²) >= 11 is 0. The Bertz CT molecular complexity index is 717. The third kappa shape index (κ3) is 9.78. The van der Waals surface area contributed by atoms with Gasteiger partial charge < -0.3 is 9.47 Å². The molecule has 2 aliphatic rings. The van der Waals surface area contributed by atoms with Crippen LogP contribution >= 0.6 is 0 Å². The summed E-state index contributed by atoms with van der Waals surface area (Å²) in [6.07, 6.45) is 16.7. The molecule has 0 aromatic heterocycles. The molecular formula is C28H38O4. The van der Waals surface area contributed by atoms with Crippen LogP contribution in [0.1, 0.15) is 90.9 Å². The average Bonchev–Trinajstić information content (AvgIpc) is 2.81. The van der Waals surface area contributed by atoms with Crippen LogP contribution in [0, 0.1) is 35.5 Å². The van der Waals surface area contributed by atoms with Gasteiger partial charge in [0.25, 0.3) is 0 Å². The van der Waals surface area contributed by atoms with Crippen molar-refractivity contribution in [3.8, 4) is 23.7 Å². The van der Waals surface area contributed by atoms with Gasteiger partial charge in [0.1, 0.15) is 0 Å². The molecule has 0 amide bonds. The zero-order valence-corrected chi connectivity index (χ0v) is 19.8. The third-order valence-electron chi connectivity index (χ3n) is 6.05. The van der Waals surface area contributed by atoms with Crippen LogP contribution in [0.4, 0.5) is 0 Å². The second-order valence-electron chi connectivity index (χ2n) is 8.58.